The van der Waals surface area contributed by atoms with E-state index in [2.05, 4.69) is 4.72 Å². The molecule has 0 spiro atoms. The summed E-state index contributed by atoms with van der Waals surface area (Å²) in [7, 11) is -2.62. The van der Waals surface area contributed by atoms with Gasteiger partial charge in [-0.05, 0) is 36.4 Å². The van der Waals surface area contributed by atoms with E-state index in [9.17, 15) is 26.4 Å². The van der Waals surface area contributed by atoms with Gasteiger partial charge >= 0.3 is 6.18 Å². The standard InChI is InChI=1S/C16H15F3N2O4S/c1-25-11-6-8-12(9-7-11)26(23,24)21-14-5-3-2-4-13(14)15(22)20-10-16(17,18)19/h2-9,21H,10H2,1H3,(H,20,22). The summed E-state index contributed by atoms with van der Waals surface area (Å²) in [5.74, 6) is -0.591. The second-order valence-electron chi connectivity index (χ2n) is 5.12. The van der Waals surface area contributed by atoms with Crippen LogP contribution in [0.3, 0.4) is 0 Å². The Labute approximate surface area is 148 Å². The monoisotopic (exact) mass is 388 g/mol. The van der Waals surface area contributed by atoms with Crippen LogP contribution in [0.15, 0.2) is 53.4 Å². The zero-order valence-corrected chi connectivity index (χ0v) is 14.3. The Balaban J connectivity index is 2.24. The smallest absolute Gasteiger partial charge is 0.405 e. The fraction of sp³-hybridized carbons (Fsp3) is 0.188. The molecular weight excluding hydrogens is 373 g/mol. The number of sulfonamides is 1. The minimum atomic E-state index is -4.58. The molecule has 0 aliphatic heterocycles. The fourth-order valence-corrected chi connectivity index (χ4v) is 3.08. The van der Waals surface area contributed by atoms with Gasteiger partial charge in [0.1, 0.15) is 12.3 Å². The Kier molecular flexibility index (Phi) is 5.76. The van der Waals surface area contributed by atoms with Crippen LogP contribution in [0.1, 0.15) is 10.4 Å². The predicted molar refractivity (Wildman–Crippen MR) is 88.6 cm³/mol. The van der Waals surface area contributed by atoms with Crippen molar-refractivity contribution in [2.45, 2.75) is 11.1 Å². The Bertz CT molecular complexity index is 881. The van der Waals surface area contributed by atoms with Crippen LogP contribution in [-0.2, 0) is 10.0 Å². The van der Waals surface area contributed by atoms with Crippen molar-refractivity contribution in [2.24, 2.45) is 0 Å². The van der Waals surface area contributed by atoms with Gasteiger partial charge in [0.25, 0.3) is 15.9 Å². The van der Waals surface area contributed by atoms with Gasteiger partial charge in [-0.3, -0.25) is 9.52 Å². The van der Waals surface area contributed by atoms with Crippen LogP contribution in [0.4, 0.5) is 18.9 Å². The van der Waals surface area contributed by atoms with Crippen LogP contribution < -0.4 is 14.8 Å². The van der Waals surface area contributed by atoms with E-state index in [1.165, 1.54) is 55.6 Å². The minimum absolute atomic E-state index is 0.0937. The molecule has 0 heterocycles. The van der Waals surface area contributed by atoms with Crippen LogP contribution in [0, 0.1) is 0 Å². The second-order valence-corrected chi connectivity index (χ2v) is 6.81. The SMILES string of the molecule is COc1ccc(S(=O)(=O)Nc2ccccc2C(=O)NCC(F)(F)F)cc1. The minimum Gasteiger partial charge on any atom is -0.497 e. The third-order valence-corrected chi connectivity index (χ3v) is 4.62. The molecule has 2 rings (SSSR count). The number of rotatable bonds is 6. The fourth-order valence-electron chi connectivity index (χ4n) is 2.00. The first-order valence-electron chi connectivity index (χ1n) is 7.23. The number of alkyl halides is 3. The van der Waals surface area contributed by atoms with E-state index >= 15 is 0 Å². The van der Waals surface area contributed by atoms with Crippen molar-refractivity contribution in [2.75, 3.05) is 18.4 Å². The summed E-state index contributed by atoms with van der Waals surface area (Å²) in [5.41, 5.74) is -0.364. The lowest BCUT2D eigenvalue weighted by molar-refractivity contribution is -0.123. The molecule has 0 atom stereocenters. The molecule has 140 valence electrons. The summed E-state index contributed by atoms with van der Waals surface area (Å²) in [6.45, 7) is -1.52. The summed E-state index contributed by atoms with van der Waals surface area (Å²) in [6.07, 6.45) is -4.58. The van der Waals surface area contributed by atoms with E-state index in [-0.39, 0.29) is 16.1 Å². The van der Waals surface area contributed by atoms with Crippen molar-refractivity contribution < 1.29 is 31.1 Å². The molecule has 2 aromatic rings. The zero-order chi connectivity index (χ0) is 19.4. The summed E-state index contributed by atoms with van der Waals surface area (Å²) >= 11 is 0. The first-order valence-corrected chi connectivity index (χ1v) is 8.71. The number of ether oxygens (including phenoxy) is 1. The lowest BCUT2D eigenvalue weighted by Crippen LogP contribution is -2.34. The highest BCUT2D eigenvalue weighted by molar-refractivity contribution is 7.92. The highest BCUT2D eigenvalue weighted by atomic mass is 32.2. The largest absolute Gasteiger partial charge is 0.497 e. The van der Waals surface area contributed by atoms with Crippen LogP contribution >= 0.6 is 0 Å². The lowest BCUT2D eigenvalue weighted by Gasteiger charge is -2.13. The first-order chi connectivity index (χ1) is 12.1. The molecule has 0 radical (unpaired) electrons. The summed E-state index contributed by atoms with van der Waals surface area (Å²) in [5, 5.41) is 1.70. The van der Waals surface area contributed by atoms with Gasteiger partial charge in [-0.15, -0.1) is 0 Å². The molecule has 1 amide bonds. The number of carbonyl (C=O) groups is 1. The van der Waals surface area contributed by atoms with Crippen molar-refractivity contribution in [3.8, 4) is 5.75 Å². The molecule has 2 aromatic carbocycles. The van der Waals surface area contributed by atoms with E-state index in [1.54, 1.807) is 5.32 Å². The number of anilines is 1. The molecule has 0 saturated heterocycles. The van der Waals surface area contributed by atoms with Crippen molar-refractivity contribution in [1.82, 2.24) is 5.32 Å². The normalized spacial score (nSPS) is 11.7. The summed E-state index contributed by atoms with van der Waals surface area (Å²) < 4.78 is 68.8. The molecule has 2 N–H and O–H groups in total. The van der Waals surface area contributed by atoms with Gasteiger partial charge in [0.2, 0.25) is 0 Å². The third-order valence-electron chi connectivity index (χ3n) is 3.24. The Morgan fingerprint density at radius 2 is 1.69 bits per heavy atom. The van der Waals surface area contributed by atoms with Crippen LogP contribution in [0.2, 0.25) is 0 Å². The highest BCUT2D eigenvalue weighted by Crippen LogP contribution is 2.22. The Morgan fingerprint density at radius 1 is 1.08 bits per heavy atom. The quantitative estimate of drug-likeness (QED) is 0.797. The number of carbonyl (C=O) groups excluding carboxylic acids is 1. The van der Waals surface area contributed by atoms with E-state index in [1.807, 2.05) is 0 Å². The van der Waals surface area contributed by atoms with Gasteiger partial charge < -0.3 is 10.1 Å². The number of para-hydroxylation sites is 1. The average molecular weight is 388 g/mol. The van der Waals surface area contributed by atoms with Gasteiger partial charge in [-0.2, -0.15) is 13.2 Å². The number of nitrogens with one attached hydrogen (secondary N) is 2. The molecule has 0 aromatic heterocycles. The zero-order valence-electron chi connectivity index (χ0n) is 13.5. The predicted octanol–water partition coefficient (Wildman–Crippen LogP) is 2.79. The maximum absolute atomic E-state index is 12.4. The number of hydrogen-bond donors (Lipinski definition) is 2. The highest BCUT2D eigenvalue weighted by Gasteiger charge is 2.28. The summed E-state index contributed by atoms with van der Waals surface area (Å²) in [4.78, 5) is 11.9. The molecule has 6 nitrogen and oxygen atoms in total. The van der Waals surface area contributed by atoms with Crippen LogP contribution in [0.5, 0.6) is 5.75 Å². The van der Waals surface area contributed by atoms with Crippen molar-refractivity contribution >= 4 is 21.6 Å². The van der Waals surface area contributed by atoms with Crippen molar-refractivity contribution in [3.63, 3.8) is 0 Å². The average Bonchev–Trinajstić information content (AvgIpc) is 2.59. The molecule has 10 heteroatoms. The van der Waals surface area contributed by atoms with Crippen LogP contribution in [0.25, 0.3) is 0 Å². The van der Waals surface area contributed by atoms with E-state index in [0.717, 1.165) is 0 Å². The number of methoxy groups -OCH3 is 1. The number of hydrogen-bond acceptors (Lipinski definition) is 4. The molecular formula is C16H15F3N2O4S. The molecule has 0 fully saturated rings. The molecule has 26 heavy (non-hydrogen) atoms. The van der Waals surface area contributed by atoms with Crippen molar-refractivity contribution in [3.05, 3.63) is 54.1 Å². The summed E-state index contributed by atoms with van der Waals surface area (Å²) in [6, 6.07) is 10.8. The molecule has 0 aliphatic carbocycles. The lowest BCUT2D eigenvalue weighted by atomic mass is 10.1. The number of halogens is 3. The van der Waals surface area contributed by atoms with E-state index in [0.29, 0.717) is 5.75 Å². The van der Waals surface area contributed by atoms with Crippen LogP contribution in [-0.4, -0.2) is 34.2 Å². The molecule has 0 unspecified atom stereocenters. The number of amides is 1. The van der Waals surface area contributed by atoms with Gasteiger partial charge in [-0.25, -0.2) is 8.42 Å². The van der Waals surface area contributed by atoms with Crippen molar-refractivity contribution in [1.29, 1.82) is 0 Å². The van der Waals surface area contributed by atoms with E-state index in [4.69, 9.17) is 4.74 Å². The maximum atomic E-state index is 12.4. The molecule has 0 aliphatic rings. The Morgan fingerprint density at radius 3 is 2.27 bits per heavy atom. The van der Waals surface area contributed by atoms with Gasteiger partial charge in [0, 0.05) is 0 Å². The first kappa shape index (κ1) is 19.6. The second kappa shape index (κ2) is 7.65. The van der Waals surface area contributed by atoms with Gasteiger partial charge in [0.15, 0.2) is 0 Å². The third kappa shape index (κ3) is 5.12. The topological polar surface area (TPSA) is 84.5 Å². The van der Waals surface area contributed by atoms with Gasteiger partial charge in [-0.1, -0.05) is 12.1 Å². The molecule has 0 saturated carbocycles. The Hall–Kier alpha value is -2.75. The van der Waals surface area contributed by atoms with E-state index < -0.39 is 28.7 Å². The maximum Gasteiger partial charge on any atom is 0.405 e. The number of benzene rings is 2. The molecule has 0 bridgehead atoms. The van der Waals surface area contributed by atoms with Gasteiger partial charge in [0.05, 0.1) is 23.3 Å².